The SMILES string of the molecule is Cn1cc(-c2ccc3c(N)ncnc3c2)s/c1=N\C1CCCCC1. The number of hydrogen-bond acceptors (Lipinski definition) is 5. The molecule has 0 amide bonds. The Bertz CT molecular complexity index is 934. The summed E-state index contributed by atoms with van der Waals surface area (Å²) in [5.74, 6) is 0.524. The van der Waals surface area contributed by atoms with E-state index in [2.05, 4.69) is 39.9 Å². The first-order valence-corrected chi connectivity index (χ1v) is 9.23. The van der Waals surface area contributed by atoms with Crippen LogP contribution >= 0.6 is 11.3 Å². The Balaban J connectivity index is 1.72. The zero-order valence-electron chi connectivity index (χ0n) is 13.8. The Hall–Kier alpha value is -2.21. The van der Waals surface area contributed by atoms with Gasteiger partial charge in [-0.05, 0) is 30.5 Å². The van der Waals surface area contributed by atoms with Crippen molar-refractivity contribution in [2.24, 2.45) is 12.0 Å². The molecule has 2 heterocycles. The van der Waals surface area contributed by atoms with Crippen molar-refractivity contribution in [2.75, 3.05) is 5.73 Å². The van der Waals surface area contributed by atoms with Gasteiger partial charge in [-0.25, -0.2) is 9.97 Å². The molecule has 1 saturated carbocycles. The Kier molecular flexibility index (Phi) is 4.06. The molecule has 0 radical (unpaired) electrons. The highest BCUT2D eigenvalue weighted by Crippen LogP contribution is 2.27. The van der Waals surface area contributed by atoms with Crippen molar-refractivity contribution in [1.82, 2.24) is 14.5 Å². The van der Waals surface area contributed by atoms with Gasteiger partial charge in [0.05, 0.1) is 16.4 Å². The van der Waals surface area contributed by atoms with Crippen LogP contribution in [0, 0.1) is 0 Å². The minimum atomic E-state index is 0.487. The van der Waals surface area contributed by atoms with E-state index in [1.807, 2.05) is 6.07 Å². The van der Waals surface area contributed by atoms with E-state index in [0.29, 0.717) is 11.9 Å². The second-order valence-corrected chi connectivity index (χ2v) is 7.41. The van der Waals surface area contributed by atoms with E-state index in [1.165, 1.54) is 43.3 Å². The molecule has 0 aliphatic heterocycles. The molecule has 0 unspecified atom stereocenters. The monoisotopic (exact) mass is 339 g/mol. The van der Waals surface area contributed by atoms with Gasteiger partial charge in [0.25, 0.3) is 0 Å². The van der Waals surface area contributed by atoms with Gasteiger partial charge in [-0.1, -0.05) is 36.7 Å². The van der Waals surface area contributed by atoms with E-state index in [-0.39, 0.29) is 0 Å². The zero-order valence-corrected chi connectivity index (χ0v) is 14.6. The lowest BCUT2D eigenvalue weighted by atomic mass is 9.96. The summed E-state index contributed by atoms with van der Waals surface area (Å²) in [6.45, 7) is 0. The normalized spacial score (nSPS) is 16.8. The summed E-state index contributed by atoms with van der Waals surface area (Å²) in [5.41, 5.74) is 7.93. The average molecular weight is 339 g/mol. The topological polar surface area (TPSA) is 69.1 Å². The number of nitrogens with two attached hydrogens (primary N) is 1. The summed E-state index contributed by atoms with van der Waals surface area (Å²) in [6.07, 6.45) is 10.1. The van der Waals surface area contributed by atoms with Crippen molar-refractivity contribution in [1.29, 1.82) is 0 Å². The maximum Gasteiger partial charge on any atom is 0.185 e. The average Bonchev–Trinajstić information content (AvgIpc) is 2.96. The van der Waals surface area contributed by atoms with Crippen molar-refractivity contribution in [3.05, 3.63) is 35.5 Å². The van der Waals surface area contributed by atoms with Crippen molar-refractivity contribution in [3.8, 4) is 10.4 Å². The number of thiazole rings is 1. The molecule has 24 heavy (non-hydrogen) atoms. The third-order valence-corrected chi connectivity index (χ3v) is 5.77. The Labute approximate surface area is 144 Å². The van der Waals surface area contributed by atoms with Crippen molar-refractivity contribution in [2.45, 2.75) is 38.1 Å². The largest absolute Gasteiger partial charge is 0.383 e. The van der Waals surface area contributed by atoms with E-state index in [4.69, 9.17) is 10.7 Å². The van der Waals surface area contributed by atoms with Gasteiger partial charge < -0.3 is 10.3 Å². The summed E-state index contributed by atoms with van der Waals surface area (Å²) in [5, 5.41) is 0.897. The molecule has 4 rings (SSSR count). The van der Waals surface area contributed by atoms with Crippen LogP contribution in [0.5, 0.6) is 0 Å². The van der Waals surface area contributed by atoms with Gasteiger partial charge in [0.1, 0.15) is 12.1 Å². The number of nitrogens with zero attached hydrogens (tertiary/aromatic N) is 4. The molecular formula is C18H21N5S. The van der Waals surface area contributed by atoms with Crippen LogP contribution < -0.4 is 10.5 Å². The first-order valence-electron chi connectivity index (χ1n) is 8.41. The smallest absolute Gasteiger partial charge is 0.185 e. The van der Waals surface area contributed by atoms with Crippen LogP contribution in [0.25, 0.3) is 21.3 Å². The number of fused-ring (bicyclic) bond motifs is 1. The molecular weight excluding hydrogens is 318 g/mol. The predicted molar refractivity (Wildman–Crippen MR) is 98.7 cm³/mol. The second-order valence-electron chi connectivity index (χ2n) is 6.40. The summed E-state index contributed by atoms with van der Waals surface area (Å²) < 4.78 is 2.13. The van der Waals surface area contributed by atoms with Crippen molar-refractivity contribution >= 4 is 28.1 Å². The number of aromatic nitrogens is 3. The molecule has 6 heteroatoms. The Morgan fingerprint density at radius 2 is 2.04 bits per heavy atom. The van der Waals surface area contributed by atoms with Crippen molar-refractivity contribution in [3.63, 3.8) is 0 Å². The van der Waals surface area contributed by atoms with E-state index in [1.54, 1.807) is 11.3 Å². The third kappa shape index (κ3) is 2.94. The zero-order chi connectivity index (χ0) is 16.5. The van der Waals surface area contributed by atoms with Crippen LogP contribution in [0.4, 0.5) is 5.82 Å². The minimum Gasteiger partial charge on any atom is -0.383 e. The van der Waals surface area contributed by atoms with Crippen molar-refractivity contribution < 1.29 is 0 Å². The highest BCUT2D eigenvalue weighted by molar-refractivity contribution is 7.12. The summed E-state index contributed by atoms with van der Waals surface area (Å²) >= 11 is 1.74. The first-order chi connectivity index (χ1) is 11.7. The molecule has 0 saturated heterocycles. The van der Waals surface area contributed by atoms with E-state index in [0.717, 1.165) is 21.3 Å². The lowest BCUT2D eigenvalue weighted by molar-refractivity contribution is 0.435. The molecule has 0 bridgehead atoms. The van der Waals surface area contributed by atoms with Crippen LogP contribution in [0.1, 0.15) is 32.1 Å². The number of anilines is 1. The number of hydrogen-bond donors (Lipinski definition) is 1. The van der Waals surface area contributed by atoms with E-state index in [9.17, 15) is 0 Å². The fourth-order valence-electron chi connectivity index (χ4n) is 3.28. The molecule has 0 atom stereocenters. The van der Waals surface area contributed by atoms with Crippen LogP contribution in [-0.2, 0) is 7.05 Å². The molecule has 0 spiro atoms. The van der Waals surface area contributed by atoms with Gasteiger partial charge in [0.2, 0.25) is 0 Å². The highest BCUT2D eigenvalue weighted by Gasteiger charge is 2.13. The van der Waals surface area contributed by atoms with Gasteiger partial charge in [-0.15, -0.1) is 0 Å². The lowest BCUT2D eigenvalue weighted by Crippen LogP contribution is -2.17. The fraction of sp³-hybridized carbons (Fsp3) is 0.389. The molecule has 124 valence electrons. The molecule has 1 aromatic carbocycles. The van der Waals surface area contributed by atoms with Gasteiger partial charge in [0, 0.05) is 18.6 Å². The number of aryl methyl sites for hydroxylation is 1. The fourth-order valence-corrected chi connectivity index (χ4v) is 4.33. The standard InChI is InChI=1S/C18H21N5S/c1-23-10-16(24-18(23)22-13-5-3-2-4-6-13)12-7-8-14-15(9-12)20-11-21-17(14)19/h7-11,13H,2-6H2,1H3,(H2,19,20,21)/b22-18-. The van der Waals surface area contributed by atoms with E-state index >= 15 is 0 Å². The Morgan fingerprint density at radius 1 is 1.21 bits per heavy atom. The third-order valence-electron chi connectivity index (χ3n) is 4.63. The van der Waals surface area contributed by atoms with Crippen LogP contribution in [0.2, 0.25) is 0 Å². The van der Waals surface area contributed by atoms with Gasteiger partial charge in [-0.2, -0.15) is 0 Å². The molecule has 1 fully saturated rings. The summed E-state index contributed by atoms with van der Waals surface area (Å²) in [6, 6.07) is 6.64. The van der Waals surface area contributed by atoms with Gasteiger partial charge in [0.15, 0.2) is 4.80 Å². The van der Waals surface area contributed by atoms with Crippen LogP contribution in [0.3, 0.4) is 0 Å². The molecule has 5 nitrogen and oxygen atoms in total. The maximum atomic E-state index is 5.91. The summed E-state index contributed by atoms with van der Waals surface area (Å²) in [4.78, 5) is 15.7. The number of benzene rings is 1. The highest BCUT2D eigenvalue weighted by atomic mass is 32.1. The first kappa shape index (κ1) is 15.3. The molecule has 2 N–H and O–H groups in total. The van der Waals surface area contributed by atoms with Crippen LogP contribution in [-0.4, -0.2) is 20.6 Å². The second kappa shape index (κ2) is 6.36. The number of nitrogen functional groups attached to an aromatic ring is 1. The quantitative estimate of drug-likeness (QED) is 0.777. The molecule has 3 aromatic rings. The molecule has 2 aromatic heterocycles. The van der Waals surface area contributed by atoms with E-state index < -0.39 is 0 Å². The predicted octanol–water partition coefficient (Wildman–Crippen LogP) is 3.51. The summed E-state index contributed by atoms with van der Waals surface area (Å²) in [7, 11) is 2.07. The Morgan fingerprint density at radius 3 is 2.88 bits per heavy atom. The van der Waals surface area contributed by atoms with Crippen LogP contribution in [0.15, 0.2) is 35.7 Å². The number of rotatable bonds is 2. The lowest BCUT2D eigenvalue weighted by Gasteiger charge is -2.16. The van der Waals surface area contributed by atoms with Gasteiger partial charge in [-0.3, -0.25) is 4.99 Å². The molecule has 1 aliphatic carbocycles. The molecule has 1 aliphatic rings. The van der Waals surface area contributed by atoms with Gasteiger partial charge >= 0.3 is 0 Å². The minimum absolute atomic E-state index is 0.487. The maximum absolute atomic E-state index is 5.91.